The van der Waals surface area contributed by atoms with Gasteiger partial charge < -0.3 is 10.1 Å². The van der Waals surface area contributed by atoms with Crippen molar-refractivity contribution in [3.05, 3.63) is 46.7 Å². The van der Waals surface area contributed by atoms with E-state index < -0.39 is 0 Å². The van der Waals surface area contributed by atoms with Crippen LogP contribution in [0.5, 0.6) is 5.75 Å². The van der Waals surface area contributed by atoms with Crippen molar-refractivity contribution in [3.63, 3.8) is 0 Å². The number of nitrogens with zero attached hydrogens (tertiary/aromatic N) is 1. The molecule has 0 unspecified atom stereocenters. The third-order valence-electron chi connectivity index (χ3n) is 2.70. The van der Waals surface area contributed by atoms with E-state index >= 15 is 0 Å². The number of nitrogens with one attached hydrogen (secondary N) is 2. The zero-order valence-corrected chi connectivity index (χ0v) is 11.9. The molecular weight excluding hydrogens is 278 g/mol. The molecule has 0 spiro atoms. The third kappa shape index (κ3) is 3.99. The first-order valence-electron chi connectivity index (χ1n) is 6.40. The van der Waals surface area contributed by atoms with Crippen molar-refractivity contribution in [1.29, 1.82) is 0 Å². The minimum Gasteiger partial charge on any atom is -0.492 e. The molecule has 0 saturated heterocycles. The van der Waals surface area contributed by atoms with Crippen molar-refractivity contribution in [2.45, 2.75) is 13.3 Å². The first kappa shape index (κ1) is 14.4. The summed E-state index contributed by atoms with van der Waals surface area (Å²) in [5.74, 6) is 0.468. The normalized spacial score (nSPS) is 10.3. The Bertz CT molecular complexity index is 583. The summed E-state index contributed by atoms with van der Waals surface area (Å²) in [5, 5.41) is 10.1. The second-order valence-corrected chi connectivity index (χ2v) is 4.63. The van der Waals surface area contributed by atoms with Gasteiger partial charge in [-0.3, -0.25) is 9.89 Å². The molecule has 1 amide bonds. The predicted octanol–water partition coefficient (Wildman–Crippen LogP) is 2.43. The van der Waals surface area contributed by atoms with Gasteiger partial charge in [0.2, 0.25) is 0 Å². The summed E-state index contributed by atoms with van der Waals surface area (Å²) in [5.41, 5.74) is 1.33. The van der Waals surface area contributed by atoms with Crippen molar-refractivity contribution >= 4 is 17.5 Å². The molecule has 1 aromatic heterocycles. The van der Waals surface area contributed by atoms with Gasteiger partial charge in [0, 0.05) is 10.7 Å². The molecule has 5 nitrogen and oxygen atoms in total. The van der Waals surface area contributed by atoms with Crippen LogP contribution in [0.25, 0.3) is 0 Å². The number of hydrogen-bond donors (Lipinski definition) is 2. The van der Waals surface area contributed by atoms with Gasteiger partial charge in [-0.2, -0.15) is 5.10 Å². The van der Waals surface area contributed by atoms with E-state index in [0.29, 0.717) is 29.6 Å². The van der Waals surface area contributed by atoms with Crippen molar-refractivity contribution in [1.82, 2.24) is 15.5 Å². The van der Waals surface area contributed by atoms with Gasteiger partial charge in [-0.1, -0.05) is 24.6 Å². The van der Waals surface area contributed by atoms with E-state index in [1.807, 2.05) is 19.1 Å². The van der Waals surface area contributed by atoms with Crippen molar-refractivity contribution in [2.24, 2.45) is 0 Å². The SMILES string of the molecule is CCc1cc(C(=O)NCCOc2cccc(Cl)c2)n[nH]1. The van der Waals surface area contributed by atoms with Crippen LogP contribution in [0.1, 0.15) is 23.1 Å². The summed E-state index contributed by atoms with van der Waals surface area (Å²) in [7, 11) is 0. The first-order chi connectivity index (χ1) is 9.69. The Kier molecular flexibility index (Phi) is 5.01. The third-order valence-corrected chi connectivity index (χ3v) is 2.93. The molecule has 106 valence electrons. The van der Waals surface area contributed by atoms with E-state index in [1.54, 1.807) is 18.2 Å². The van der Waals surface area contributed by atoms with Crippen LogP contribution in [0.3, 0.4) is 0 Å². The van der Waals surface area contributed by atoms with E-state index in [2.05, 4.69) is 15.5 Å². The molecule has 0 aliphatic heterocycles. The van der Waals surface area contributed by atoms with E-state index in [4.69, 9.17) is 16.3 Å². The quantitative estimate of drug-likeness (QED) is 0.804. The largest absolute Gasteiger partial charge is 0.492 e. The summed E-state index contributed by atoms with van der Waals surface area (Å²) >= 11 is 5.84. The second-order valence-electron chi connectivity index (χ2n) is 4.19. The summed E-state index contributed by atoms with van der Waals surface area (Å²) in [4.78, 5) is 11.8. The molecule has 0 fully saturated rings. The molecular formula is C14H16ClN3O2. The molecule has 1 heterocycles. The lowest BCUT2D eigenvalue weighted by molar-refractivity contribution is 0.0942. The number of carbonyl (C=O) groups excluding carboxylic acids is 1. The number of hydrogen-bond acceptors (Lipinski definition) is 3. The van der Waals surface area contributed by atoms with Gasteiger partial charge in [0.15, 0.2) is 0 Å². The number of ether oxygens (including phenoxy) is 1. The highest BCUT2D eigenvalue weighted by molar-refractivity contribution is 6.30. The van der Waals surface area contributed by atoms with Crippen LogP contribution in [0.15, 0.2) is 30.3 Å². The maximum absolute atomic E-state index is 11.8. The van der Waals surface area contributed by atoms with E-state index in [-0.39, 0.29) is 5.91 Å². The Morgan fingerprint density at radius 3 is 3.00 bits per heavy atom. The zero-order valence-electron chi connectivity index (χ0n) is 11.1. The highest BCUT2D eigenvalue weighted by Gasteiger charge is 2.08. The predicted molar refractivity (Wildman–Crippen MR) is 77.2 cm³/mol. The number of aromatic amines is 1. The molecule has 0 aliphatic carbocycles. The summed E-state index contributed by atoms with van der Waals surface area (Å²) < 4.78 is 5.47. The standard InChI is InChI=1S/C14H16ClN3O2/c1-2-11-9-13(18-17-11)14(19)16-6-7-20-12-5-3-4-10(15)8-12/h3-5,8-9H,2,6-7H2,1H3,(H,16,19)(H,17,18). The molecule has 6 heteroatoms. The Labute approximate surface area is 122 Å². The van der Waals surface area contributed by atoms with Gasteiger partial charge >= 0.3 is 0 Å². The highest BCUT2D eigenvalue weighted by Crippen LogP contribution is 2.16. The van der Waals surface area contributed by atoms with Gasteiger partial charge in [0.05, 0.1) is 6.54 Å². The minimum atomic E-state index is -0.212. The maximum atomic E-state index is 11.8. The molecule has 0 saturated carbocycles. The first-order valence-corrected chi connectivity index (χ1v) is 6.77. The Balaban J connectivity index is 1.74. The second kappa shape index (κ2) is 6.96. The molecule has 1 aromatic carbocycles. The number of halogens is 1. The van der Waals surface area contributed by atoms with Crippen LogP contribution in [0.4, 0.5) is 0 Å². The van der Waals surface area contributed by atoms with Crippen molar-refractivity contribution in [3.8, 4) is 5.75 Å². The highest BCUT2D eigenvalue weighted by atomic mass is 35.5. The molecule has 20 heavy (non-hydrogen) atoms. The number of H-pyrrole nitrogens is 1. The van der Waals surface area contributed by atoms with Crippen LogP contribution in [0.2, 0.25) is 5.02 Å². The van der Waals surface area contributed by atoms with Crippen molar-refractivity contribution < 1.29 is 9.53 Å². The van der Waals surface area contributed by atoms with Gasteiger partial charge in [0.25, 0.3) is 5.91 Å². The van der Waals surface area contributed by atoms with Gasteiger partial charge in [-0.15, -0.1) is 0 Å². The van der Waals surface area contributed by atoms with E-state index in [1.165, 1.54) is 0 Å². The number of amides is 1. The average molecular weight is 294 g/mol. The lowest BCUT2D eigenvalue weighted by Gasteiger charge is -2.07. The smallest absolute Gasteiger partial charge is 0.271 e. The Hall–Kier alpha value is -2.01. The topological polar surface area (TPSA) is 67.0 Å². The lowest BCUT2D eigenvalue weighted by Crippen LogP contribution is -2.28. The number of rotatable bonds is 6. The molecule has 2 N–H and O–H groups in total. The Morgan fingerprint density at radius 2 is 2.30 bits per heavy atom. The van der Waals surface area contributed by atoms with Crippen LogP contribution in [-0.4, -0.2) is 29.3 Å². The molecule has 0 aliphatic rings. The fourth-order valence-electron chi connectivity index (χ4n) is 1.64. The lowest BCUT2D eigenvalue weighted by atomic mass is 10.3. The molecule has 0 radical (unpaired) electrons. The number of carbonyl (C=O) groups is 1. The number of aryl methyl sites for hydroxylation is 1. The fourth-order valence-corrected chi connectivity index (χ4v) is 1.82. The van der Waals surface area contributed by atoms with Crippen molar-refractivity contribution in [2.75, 3.05) is 13.2 Å². The Morgan fingerprint density at radius 1 is 1.45 bits per heavy atom. The minimum absolute atomic E-state index is 0.212. The molecule has 2 rings (SSSR count). The van der Waals surface area contributed by atoms with Crippen LogP contribution < -0.4 is 10.1 Å². The molecule has 2 aromatic rings. The van der Waals surface area contributed by atoms with Crippen LogP contribution in [0, 0.1) is 0 Å². The summed E-state index contributed by atoms with van der Waals surface area (Å²) in [6.07, 6.45) is 0.818. The molecule has 0 bridgehead atoms. The van der Waals surface area contributed by atoms with Gasteiger partial charge in [0.1, 0.15) is 18.1 Å². The maximum Gasteiger partial charge on any atom is 0.271 e. The number of benzene rings is 1. The zero-order chi connectivity index (χ0) is 14.4. The fraction of sp³-hybridized carbons (Fsp3) is 0.286. The summed E-state index contributed by atoms with van der Waals surface area (Å²) in [6.45, 7) is 2.77. The van der Waals surface area contributed by atoms with E-state index in [0.717, 1.165) is 12.1 Å². The molecule has 0 atom stereocenters. The van der Waals surface area contributed by atoms with Crippen LogP contribution >= 0.6 is 11.6 Å². The van der Waals surface area contributed by atoms with Gasteiger partial charge in [-0.05, 0) is 30.7 Å². The number of aromatic nitrogens is 2. The van der Waals surface area contributed by atoms with E-state index in [9.17, 15) is 4.79 Å². The van der Waals surface area contributed by atoms with Gasteiger partial charge in [-0.25, -0.2) is 0 Å². The summed E-state index contributed by atoms with van der Waals surface area (Å²) in [6, 6.07) is 8.87. The average Bonchev–Trinajstić information content (AvgIpc) is 2.92. The van der Waals surface area contributed by atoms with Crippen LogP contribution in [-0.2, 0) is 6.42 Å². The monoisotopic (exact) mass is 293 g/mol.